The van der Waals surface area contributed by atoms with Crippen molar-refractivity contribution in [3.05, 3.63) is 18.0 Å². The molecule has 2 unspecified atom stereocenters. The highest BCUT2D eigenvalue weighted by molar-refractivity contribution is 7.88. The summed E-state index contributed by atoms with van der Waals surface area (Å²) >= 11 is 0. The van der Waals surface area contributed by atoms with E-state index in [1.165, 1.54) is 23.0 Å². The number of fused-ring (bicyclic) bond motifs is 4. The van der Waals surface area contributed by atoms with Gasteiger partial charge in [-0.3, -0.25) is 4.79 Å². The van der Waals surface area contributed by atoms with Crippen LogP contribution in [0.5, 0.6) is 0 Å². The van der Waals surface area contributed by atoms with E-state index in [9.17, 15) is 13.2 Å². The van der Waals surface area contributed by atoms with E-state index in [1.807, 2.05) is 6.92 Å². The molecule has 9 heteroatoms. The van der Waals surface area contributed by atoms with Crippen molar-refractivity contribution >= 4 is 21.9 Å². The predicted molar refractivity (Wildman–Crippen MR) is 90.2 cm³/mol. The number of carbonyl (C=O) groups excluding carboxylic acids is 1. The number of piperidine rings is 1. The van der Waals surface area contributed by atoms with Crippen molar-refractivity contribution in [3.8, 4) is 0 Å². The van der Waals surface area contributed by atoms with E-state index in [2.05, 4.69) is 15.3 Å². The SMILES string of the molecule is CCNc1ncc(C(=O)N2CC3CCC2CN(S(C)(=O)=O)C3)cn1. The van der Waals surface area contributed by atoms with Crippen molar-refractivity contribution in [2.45, 2.75) is 25.8 Å². The van der Waals surface area contributed by atoms with Gasteiger partial charge in [-0.1, -0.05) is 0 Å². The zero-order chi connectivity index (χ0) is 17.3. The van der Waals surface area contributed by atoms with Crippen LogP contribution in [0, 0.1) is 5.92 Å². The van der Waals surface area contributed by atoms with Gasteiger partial charge in [0.15, 0.2) is 0 Å². The van der Waals surface area contributed by atoms with Crippen LogP contribution in [0.3, 0.4) is 0 Å². The largest absolute Gasteiger partial charge is 0.355 e. The number of nitrogens with one attached hydrogen (secondary N) is 1. The number of sulfonamides is 1. The quantitative estimate of drug-likeness (QED) is 0.842. The molecule has 2 atom stereocenters. The van der Waals surface area contributed by atoms with Gasteiger partial charge in [0.25, 0.3) is 5.91 Å². The molecule has 3 fully saturated rings. The molecule has 0 saturated carbocycles. The summed E-state index contributed by atoms with van der Waals surface area (Å²) in [6.45, 7) is 4.12. The number of aromatic nitrogens is 2. The normalized spacial score (nSPS) is 24.7. The van der Waals surface area contributed by atoms with Crippen molar-refractivity contribution in [2.75, 3.05) is 37.8 Å². The Hall–Kier alpha value is -1.74. The first-order chi connectivity index (χ1) is 11.4. The maximum absolute atomic E-state index is 12.8. The number of carbonyl (C=O) groups is 1. The van der Waals surface area contributed by atoms with Crippen molar-refractivity contribution < 1.29 is 13.2 Å². The molecule has 0 spiro atoms. The van der Waals surface area contributed by atoms with Crippen LogP contribution in [0.1, 0.15) is 30.1 Å². The molecule has 3 aliphatic rings. The van der Waals surface area contributed by atoms with Gasteiger partial charge in [-0.15, -0.1) is 0 Å². The maximum Gasteiger partial charge on any atom is 0.257 e. The minimum atomic E-state index is -3.24. The number of nitrogens with zero attached hydrogens (tertiary/aromatic N) is 4. The second-order valence-electron chi connectivity index (χ2n) is 6.46. The summed E-state index contributed by atoms with van der Waals surface area (Å²) in [7, 11) is -3.24. The Kier molecular flexibility index (Phi) is 4.73. The molecule has 1 aromatic heterocycles. The van der Waals surface area contributed by atoms with E-state index in [-0.39, 0.29) is 17.9 Å². The van der Waals surface area contributed by atoms with E-state index in [4.69, 9.17) is 0 Å². The fraction of sp³-hybridized carbons (Fsp3) is 0.667. The molecule has 3 aliphatic heterocycles. The zero-order valence-corrected chi connectivity index (χ0v) is 14.8. The molecule has 1 N–H and O–H groups in total. The third-order valence-corrected chi connectivity index (χ3v) is 5.88. The van der Waals surface area contributed by atoms with Crippen LogP contribution in [0.15, 0.2) is 12.4 Å². The lowest BCUT2D eigenvalue weighted by Gasteiger charge is -2.36. The third kappa shape index (κ3) is 3.51. The van der Waals surface area contributed by atoms with Gasteiger partial charge in [0.05, 0.1) is 11.8 Å². The lowest BCUT2D eigenvalue weighted by atomic mass is 9.94. The molecule has 132 valence electrons. The van der Waals surface area contributed by atoms with Crippen molar-refractivity contribution in [1.82, 2.24) is 19.2 Å². The van der Waals surface area contributed by atoms with E-state index in [0.29, 0.717) is 37.7 Å². The summed E-state index contributed by atoms with van der Waals surface area (Å²) < 4.78 is 25.3. The van der Waals surface area contributed by atoms with Crippen molar-refractivity contribution in [3.63, 3.8) is 0 Å². The third-order valence-electron chi connectivity index (χ3n) is 4.64. The fourth-order valence-corrected chi connectivity index (χ4v) is 4.34. The summed E-state index contributed by atoms with van der Waals surface area (Å²) in [6, 6.07) is -0.0839. The minimum Gasteiger partial charge on any atom is -0.355 e. The van der Waals surface area contributed by atoms with Gasteiger partial charge in [-0.2, -0.15) is 4.31 Å². The highest BCUT2D eigenvalue weighted by atomic mass is 32.2. The van der Waals surface area contributed by atoms with Crippen molar-refractivity contribution in [1.29, 1.82) is 0 Å². The summed E-state index contributed by atoms with van der Waals surface area (Å²) in [4.78, 5) is 22.9. The Balaban J connectivity index is 1.78. The molecule has 24 heavy (non-hydrogen) atoms. The van der Waals surface area contributed by atoms with Gasteiger partial charge in [0.2, 0.25) is 16.0 Å². The maximum atomic E-state index is 12.8. The number of rotatable bonds is 4. The Labute approximate surface area is 142 Å². The first-order valence-electron chi connectivity index (χ1n) is 8.20. The van der Waals surface area contributed by atoms with Gasteiger partial charge in [0, 0.05) is 44.6 Å². The second-order valence-corrected chi connectivity index (χ2v) is 8.44. The Morgan fingerprint density at radius 3 is 2.58 bits per heavy atom. The lowest BCUT2D eigenvalue weighted by molar-refractivity contribution is 0.0588. The average Bonchev–Trinajstić information content (AvgIpc) is 2.87. The smallest absolute Gasteiger partial charge is 0.257 e. The van der Waals surface area contributed by atoms with Crippen LogP contribution in [-0.2, 0) is 10.0 Å². The van der Waals surface area contributed by atoms with Gasteiger partial charge < -0.3 is 10.2 Å². The molecule has 0 aliphatic carbocycles. The van der Waals surface area contributed by atoms with Crippen LogP contribution in [-0.4, -0.2) is 72.0 Å². The summed E-state index contributed by atoms with van der Waals surface area (Å²) in [5.74, 6) is 0.558. The van der Waals surface area contributed by atoms with Crippen LogP contribution in [0.4, 0.5) is 5.95 Å². The first kappa shape index (κ1) is 17.1. The van der Waals surface area contributed by atoms with Gasteiger partial charge in [0.1, 0.15) is 0 Å². The van der Waals surface area contributed by atoms with Crippen LogP contribution >= 0.6 is 0 Å². The lowest BCUT2D eigenvalue weighted by Crippen LogP contribution is -2.47. The molecular formula is C15H23N5O3S. The summed E-state index contributed by atoms with van der Waals surface area (Å²) in [6.07, 6.45) is 6.08. The molecule has 2 bridgehead atoms. The molecular weight excluding hydrogens is 330 g/mol. The molecule has 4 heterocycles. The number of amides is 1. The molecule has 0 radical (unpaired) electrons. The number of hydrogen-bond acceptors (Lipinski definition) is 6. The molecule has 8 nitrogen and oxygen atoms in total. The first-order valence-corrected chi connectivity index (χ1v) is 10.0. The molecule has 3 saturated heterocycles. The Morgan fingerprint density at radius 2 is 1.96 bits per heavy atom. The summed E-state index contributed by atoms with van der Waals surface area (Å²) in [5, 5.41) is 2.99. The topological polar surface area (TPSA) is 95.5 Å². The Morgan fingerprint density at radius 1 is 1.25 bits per heavy atom. The van der Waals surface area contributed by atoms with E-state index in [0.717, 1.165) is 12.8 Å². The van der Waals surface area contributed by atoms with Gasteiger partial charge >= 0.3 is 0 Å². The highest BCUT2D eigenvalue weighted by Gasteiger charge is 2.39. The fourth-order valence-electron chi connectivity index (χ4n) is 3.41. The molecule has 0 aromatic carbocycles. The number of anilines is 1. The number of hydrogen-bond donors (Lipinski definition) is 1. The van der Waals surface area contributed by atoms with Gasteiger partial charge in [-0.25, -0.2) is 18.4 Å². The van der Waals surface area contributed by atoms with Crippen molar-refractivity contribution in [2.24, 2.45) is 5.92 Å². The second kappa shape index (κ2) is 6.64. The predicted octanol–water partition coefficient (Wildman–Crippen LogP) is 0.404. The zero-order valence-electron chi connectivity index (χ0n) is 14.0. The van der Waals surface area contributed by atoms with E-state index < -0.39 is 10.0 Å². The van der Waals surface area contributed by atoms with E-state index >= 15 is 0 Å². The molecule has 4 rings (SSSR count). The van der Waals surface area contributed by atoms with Crippen LogP contribution in [0.2, 0.25) is 0 Å². The summed E-state index contributed by atoms with van der Waals surface area (Å²) in [5.41, 5.74) is 0.440. The Bertz CT molecular complexity index is 706. The molecule has 1 amide bonds. The average molecular weight is 353 g/mol. The highest BCUT2D eigenvalue weighted by Crippen LogP contribution is 2.30. The van der Waals surface area contributed by atoms with Crippen LogP contribution in [0.25, 0.3) is 0 Å². The van der Waals surface area contributed by atoms with Gasteiger partial charge in [-0.05, 0) is 25.7 Å². The van der Waals surface area contributed by atoms with E-state index in [1.54, 1.807) is 4.90 Å². The monoisotopic (exact) mass is 353 g/mol. The standard InChI is InChI=1S/C15H23N5O3S/c1-3-16-15-17-6-12(7-18-15)14(21)20-9-11-4-5-13(20)10-19(8-11)24(2,22)23/h6-7,11,13H,3-5,8-10H2,1-2H3,(H,16,17,18). The minimum absolute atomic E-state index is 0.0839. The van der Waals surface area contributed by atoms with Crippen LogP contribution < -0.4 is 5.32 Å². The molecule has 1 aromatic rings.